The Morgan fingerprint density at radius 3 is 2.39 bits per heavy atom. The van der Waals surface area contributed by atoms with Gasteiger partial charge >= 0.3 is 0 Å². The van der Waals surface area contributed by atoms with Crippen LogP contribution >= 0.6 is 0 Å². The molecule has 148 valence electrons. The van der Waals surface area contributed by atoms with Crippen molar-refractivity contribution in [2.75, 3.05) is 19.6 Å². The topological polar surface area (TPSA) is 83.8 Å². The second-order valence-corrected chi connectivity index (χ2v) is 9.45. The number of benzene rings is 2. The molecule has 0 spiro atoms. The summed E-state index contributed by atoms with van der Waals surface area (Å²) in [5.41, 5.74) is 1.12. The van der Waals surface area contributed by atoms with Crippen molar-refractivity contribution >= 4 is 15.7 Å². The summed E-state index contributed by atoms with van der Waals surface area (Å²) in [5.74, 6) is 0.319. The molecule has 2 aromatic carbocycles. The Morgan fingerprint density at radius 2 is 1.75 bits per heavy atom. The van der Waals surface area contributed by atoms with E-state index in [1.807, 2.05) is 18.2 Å². The van der Waals surface area contributed by atoms with E-state index in [0.717, 1.165) is 13.0 Å². The fraction of sp³-hybridized carbons (Fsp3) is 0.400. The van der Waals surface area contributed by atoms with Crippen molar-refractivity contribution in [2.24, 2.45) is 5.92 Å². The van der Waals surface area contributed by atoms with E-state index in [0.29, 0.717) is 19.0 Å². The second kappa shape index (κ2) is 7.27. The summed E-state index contributed by atoms with van der Waals surface area (Å²) in [4.78, 5) is 12.8. The minimum Gasteiger partial charge on any atom is -0.292 e. The van der Waals surface area contributed by atoms with Crippen LogP contribution < -0.4 is 0 Å². The molecule has 2 fully saturated rings. The average molecular weight is 401 g/mol. The van der Waals surface area contributed by atoms with Gasteiger partial charge in [0.15, 0.2) is 0 Å². The Bertz CT molecular complexity index is 963. The second-order valence-electron chi connectivity index (χ2n) is 7.51. The summed E-state index contributed by atoms with van der Waals surface area (Å²) >= 11 is 0. The molecule has 2 aliphatic rings. The van der Waals surface area contributed by atoms with Gasteiger partial charge in [0.2, 0.25) is 10.0 Å². The fourth-order valence-corrected chi connectivity index (χ4v) is 5.96. The third kappa shape index (κ3) is 3.32. The molecule has 3 atom stereocenters. The van der Waals surface area contributed by atoms with Crippen LogP contribution in [0.3, 0.4) is 0 Å². The summed E-state index contributed by atoms with van der Waals surface area (Å²) in [6.45, 7) is 4.10. The molecule has 0 aliphatic carbocycles. The maximum atomic E-state index is 13.0. The predicted molar refractivity (Wildman–Crippen MR) is 105 cm³/mol. The normalized spacial score (nSPS) is 24.2. The number of fused-ring (bicyclic) bond motifs is 1. The number of likely N-dealkylation sites (tertiary alicyclic amines) is 1. The van der Waals surface area contributed by atoms with Crippen molar-refractivity contribution in [1.82, 2.24) is 9.21 Å². The highest BCUT2D eigenvalue weighted by Gasteiger charge is 2.46. The smallest absolute Gasteiger partial charge is 0.269 e. The zero-order valence-corrected chi connectivity index (χ0v) is 16.5. The van der Waals surface area contributed by atoms with Gasteiger partial charge in [-0.25, -0.2) is 8.42 Å². The first kappa shape index (κ1) is 19.0. The molecule has 0 bridgehead atoms. The van der Waals surface area contributed by atoms with Gasteiger partial charge in [-0.15, -0.1) is 0 Å². The predicted octanol–water partition coefficient (Wildman–Crippen LogP) is 3.05. The zero-order chi connectivity index (χ0) is 19.9. The van der Waals surface area contributed by atoms with E-state index in [1.165, 1.54) is 34.1 Å². The monoisotopic (exact) mass is 401 g/mol. The van der Waals surface area contributed by atoms with Gasteiger partial charge in [0.1, 0.15) is 0 Å². The highest BCUT2D eigenvalue weighted by Crippen LogP contribution is 2.39. The van der Waals surface area contributed by atoms with Crippen LogP contribution in [0.25, 0.3) is 0 Å². The lowest BCUT2D eigenvalue weighted by atomic mass is 10.0. The highest BCUT2D eigenvalue weighted by atomic mass is 32.2. The van der Waals surface area contributed by atoms with Gasteiger partial charge in [-0.3, -0.25) is 15.0 Å². The lowest BCUT2D eigenvalue weighted by Crippen LogP contribution is -2.38. The summed E-state index contributed by atoms with van der Waals surface area (Å²) in [5, 5.41) is 10.8. The Balaban J connectivity index is 1.52. The van der Waals surface area contributed by atoms with Crippen LogP contribution in [0.5, 0.6) is 0 Å². The third-order valence-corrected chi connectivity index (χ3v) is 7.87. The average Bonchev–Trinajstić information content (AvgIpc) is 3.29. The van der Waals surface area contributed by atoms with Crippen molar-refractivity contribution in [3.05, 3.63) is 70.3 Å². The maximum absolute atomic E-state index is 13.0. The molecule has 28 heavy (non-hydrogen) atoms. The first-order valence-electron chi connectivity index (χ1n) is 9.43. The molecule has 0 radical (unpaired) electrons. The molecule has 4 rings (SSSR count). The number of nitro groups is 1. The molecule has 2 aromatic rings. The van der Waals surface area contributed by atoms with Gasteiger partial charge < -0.3 is 0 Å². The summed E-state index contributed by atoms with van der Waals surface area (Å²) in [6, 6.07) is 15.8. The molecular formula is C20H23N3O4S. The maximum Gasteiger partial charge on any atom is 0.269 e. The van der Waals surface area contributed by atoms with E-state index in [9.17, 15) is 18.5 Å². The Hall–Kier alpha value is -2.29. The van der Waals surface area contributed by atoms with Gasteiger partial charge in [-0.1, -0.05) is 30.3 Å². The van der Waals surface area contributed by atoms with Gasteiger partial charge in [0, 0.05) is 37.3 Å². The van der Waals surface area contributed by atoms with E-state index in [1.54, 1.807) is 0 Å². The van der Waals surface area contributed by atoms with Gasteiger partial charge in [0.05, 0.1) is 9.82 Å². The minimum absolute atomic E-state index is 0.111. The standard InChI is InChI=1S/C20H23N3O4S/c1-15(16-5-3-2-4-6-16)22-12-11-17-13-21(14-20(17)22)28(26,27)19-9-7-18(8-10-19)23(24)25/h2-10,15,17,20H,11-14H2,1H3/t15-,17-,20+/m1/s1. The summed E-state index contributed by atoms with van der Waals surface area (Å²) in [7, 11) is -3.65. The molecule has 0 saturated carbocycles. The molecule has 0 aromatic heterocycles. The molecule has 0 unspecified atom stereocenters. The first-order chi connectivity index (χ1) is 13.4. The molecule has 8 heteroatoms. The van der Waals surface area contributed by atoms with E-state index >= 15 is 0 Å². The number of rotatable bonds is 5. The molecule has 7 nitrogen and oxygen atoms in total. The molecule has 0 N–H and O–H groups in total. The molecule has 0 amide bonds. The van der Waals surface area contributed by atoms with Crippen molar-refractivity contribution in [3.8, 4) is 0 Å². The lowest BCUT2D eigenvalue weighted by Gasteiger charge is -2.31. The van der Waals surface area contributed by atoms with Crippen LogP contribution in [-0.4, -0.2) is 48.2 Å². The van der Waals surface area contributed by atoms with Crippen molar-refractivity contribution in [3.63, 3.8) is 0 Å². The van der Waals surface area contributed by atoms with Crippen molar-refractivity contribution < 1.29 is 13.3 Å². The number of nitrogens with zero attached hydrogens (tertiary/aromatic N) is 3. The molecular weight excluding hydrogens is 378 g/mol. The van der Waals surface area contributed by atoms with Crippen LogP contribution in [0.4, 0.5) is 5.69 Å². The fourth-order valence-electron chi connectivity index (χ4n) is 4.44. The quantitative estimate of drug-likeness (QED) is 0.568. The molecule has 2 heterocycles. The number of non-ortho nitro benzene ring substituents is 1. The van der Waals surface area contributed by atoms with E-state index in [4.69, 9.17) is 0 Å². The zero-order valence-electron chi connectivity index (χ0n) is 15.6. The van der Waals surface area contributed by atoms with E-state index < -0.39 is 14.9 Å². The number of nitro benzene ring substituents is 1. The third-order valence-electron chi connectivity index (χ3n) is 6.02. The van der Waals surface area contributed by atoms with Gasteiger partial charge in [-0.05, 0) is 43.5 Å². The van der Waals surface area contributed by atoms with Crippen molar-refractivity contribution in [2.45, 2.75) is 30.3 Å². The van der Waals surface area contributed by atoms with Crippen LogP contribution in [0.1, 0.15) is 24.9 Å². The van der Waals surface area contributed by atoms with Gasteiger partial charge in [0.25, 0.3) is 5.69 Å². The lowest BCUT2D eigenvalue weighted by molar-refractivity contribution is -0.384. The largest absolute Gasteiger partial charge is 0.292 e. The van der Waals surface area contributed by atoms with Gasteiger partial charge in [-0.2, -0.15) is 4.31 Å². The SMILES string of the molecule is C[C@H](c1ccccc1)N1CC[C@@H]2CN(S(=O)(=O)c3ccc([N+](=O)[O-])cc3)C[C@@H]21. The van der Waals surface area contributed by atoms with E-state index in [2.05, 4.69) is 24.0 Å². The van der Waals surface area contributed by atoms with Crippen LogP contribution in [-0.2, 0) is 10.0 Å². The van der Waals surface area contributed by atoms with Crippen molar-refractivity contribution in [1.29, 1.82) is 0 Å². The minimum atomic E-state index is -3.65. The molecule has 2 saturated heterocycles. The number of hydrogen-bond donors (Lipinski definition) is 0. The van der Waals surface area contributed by atoms with Crippen LogP contribution in [0.2, 0.25) is 0 Å². The Kier molecular flexibility index (Phi) is 4.95. The van der Waals surface area contributed by atoms with Crippen LogP contribution in [0, 0.1) is 16.0 Å². The Morgan fingerprint density at radius 1 is 1.07 bits per heavy atom. The van der Waals surface area contributed by atoms with E-state index in [-0.39, 0.29) is 22.7 Å². The Labute approximate surface area is 164 Å². The highest BCUT2D eigenvalue weighted by molar-refractivity contribution is 7.89. The number of sulfonamides is 1. The first-order valence-corrected chi connectivity index (χ1v) is 10.9. The van der Waals surface area contributed by atoms with Crippen LogP contribution in [0.15, 0.2) is 59.5 Å². The summed E-state index contributed by atoms with van der Waals surface area (Å²) in [6.07, 6.45) is 0.980. The number of hydrogen-bond acceptors (Lipinski definition) is 5. The summed E-state index contributed by atoms with van der Waals surface area (Å²) < 4.78 is 27.6. The molecule has 2 aliphatic heterocycles.